The van der Waals surface area contributed by atoms with Gasteiger partial charge in [-0.1, -0.05) is 43.2 Å². The van der Waals surface area contributed by atoms with Crippen molar-refractivity contribution in [3.05, 3.63) is 35.9 Å². The van der Waals surface area contributed by atoms with Crippen LogP contribution in [0, 0.1) is 0 Å². The Hall–Kier alpha value is -2.70. The number of imide groups is 2. The molecule has 23 heavy (non-hydrogen) atoms. The van der Waals surface area contributed by atoms with Crippen LogP contribution in [0.5, 0.6) is 0 Å². The van der Waals surface area contributed by atoms with Gasteiger partial charge in [0.05, 0.1) is 0 Å². The number of carboxylic acids is 1. The molecule has 1 saturated heterocycles. The molecule has 0 bridgehead atoms. The Kier molecular flexibility index (Phi) is 5.10. The second kappa shape index (κ2) is 7.04. The van der Waals surface area contributed by atoms with Crippen LogP contribution in [0.15, 0.2) is 30.3 Å². The fraction of sp³-hybridized carbons (Fsp3) is 0.375. The van der Waals surface area contributed by atoms with Crippen LogP contribution in [-0.2, 0) is 19.8 Å². The van der Waals surface area contributed by atoms with Crippen LogP contribution in [-0.4, -0.2) is 28.9 Å². The van der Waals surface area contributed by atoms with Crippen molar-refractivity contribution in [1.82, 2.24) is 10.6 Å². The van der Waals surface area contributed by atoms with Crippen LogP contribution >= 0.6 is 0 Å². The Morgan fingerprint density at radius 1 is 0.957 bits per heavy atom. The van der Waals surface area contributed by atoms with Crippen molar-refractivity contribution in [3.8, 4) is 0 Å². The minimum Gasteiger partial charge on any atom is -0.481 e. The number of carbonyl (C=O) groups excluding carboxylic acids is 3. The lowest BCUT2D eigenvalue weighted by Gasteiger charge is -2.34. The number of barbiturate groups is 1. The summed E-state index contributed by atoms with van der Waals surface area (Å²) in [6.07, 6.45) is 1.81. The summed E-state index contributed by atoms with van der Waals surface area (Å²) in [5, 5.41) is 12.9. The summed E-state index contributed by atoms with van der Waals surface area (Å²) < 4.78 is 0. The second-order valence-electron chi connectivity index (χ2n) is 5.46. The van der Waals surface area contributed by atoms with Crippen molar-refractivity contribution < 1.29 is 24.3 Å². The molecule has 0 unspecified atom stereocenters. The quantitative estimate of drug-likeness (QED) is 0.518. The smallest absolute Gasteiger partial charge is 0.328 e. The molecule has 7 heteroatoms. The Bertz CT molecular complexity index is 607. The summed E-state index contributed by atoms with van der Waals surface area (Å²) in [5.41, 5.74) is -0.945. The number of carboxylic acid groups (broad SMARTS) is 1. The molecule has 1 aromatic carbocycles. The highest BCUT2D eigenvalue weighted by atomic mass is 16.4. The number of carbonyl (C=O) groups is 4. The molecule has 0 radical (unpaired) electrons. The number of hydrogen-bond donors (Lipinski definition) is 3. The van der Waals surface area contributed by atoms with E-state index in [1.165, 1.54) is 0 Å². The number of amides is 4. The average Bonchev–Trinajstić information content (AvgIpc) is 2.50. The molecule has 0 atom stereocenters. The summed E-state index contributed by atoms with van der Waals surface area (Å²) in [6, 6.07) is 7.74. The van der Waals surface area contributed by atoms with E-state index in [2.05, 4.69) is 10.6 Å². The molecule has 1 aliphatic rings. The maximum atomic E-state index is 12.4. The van der Waals surface area contributed by atoms with Gasteiger partial charge in [0.1, 0.15) is 0 Å². The summed E-state index contributed by atoms with van der Waals surface area (Å²) in [7, 11) is 0. The Morgan fingerprint density at radius 3 is 2.13 bits per heavy atom. The Labute approximate surface area is 133 Å². The van der Waals surface area contributed by atoms with Gasteiger partial charge in [0.25, 0.3) is 0 Å². The van der Waals surface area contributed by atoms with Gasteiger partial charge in [-0.3, -0.25) is 25.0 Å². The SMILES string of the molecule is O=C(O)CCCCCC1(c2ccccc2)C(=O)NC(=O)NC1=O. The molecule has 7 nitrogen and oxygen atoms in total. The number of rotatable bonds is 7. The zero-order valence-electron chi connectivity index (χ0n) is 12.5. The maximum Gasteiger partial charge on any atom is 0.328 e. The number of hydrogen-bond acceptors (Lipinski definition) is 4. The maximum absolute atomic E-state index is 12.4. The third-order valence-electron chi connectivity index (χ3n) is 3.94. The Balaban J connectivity index is 2.19. The van der Waals surface area contributed by atoms with Gasteiger partial charge in [0, 0.05) is 6.42 Å². The highest BCUT2D eigenvalue weighted by Gasteiger charge is 2.50. The number of benzene rings is 1. The van der Waals surface area contributed by atoms with Gasteiger partial charge in [-0.2, -0.15) is 0 Å². The lowest BCUT2D eigenvalue weighted by atomic mass is 9.73. The number of urea groups is 1. The monoisotopic (exact) mass is 318 g/mol. The third-order valence-corrected chi connectivity index (χ3v) is 3.94. The predicted octanol–water partition coefficient (Wildman–Crippen LogP) is 1.33. The van der Waals surface area contributed by atoms with Crippen molar-refractivity contribution >= 4 is 23.8 Å². The fourth-order valence-electron chi connectivity index (χ4n) is 2.75. The summed E-state index contributed by atoms with van der Waals surface area (Å²) in [4.78, 5) is 46.7. The first-order chi connectivity index (χ1) is 11.0. The van der Waals surface area contributed by atoms with E-state index in [9.17, 15) is 19.2 Å². The van der Waals surface area contributed by atoms with Gasteiger partial charge in [-0.15, -0.1) is 0 Å². The highest BCUT2D eigenvalue weighted by molar-refractivity contribution is 6.22. The van der Waals surface area contributed by atoms with E-state index < -0.39 is 29.2 Å². The minimum atomic E-state index is -1.46. The summed E-state index contributed by atoms with van der Waals surface area (Å²) in [5.74, 6) is -2.16. The first-order valence-corrected chi connectivity index (χ1v) is 7.41. The van der Waals surface area contributed by atoms with E-state index in [4.69, 9.17) is 5.11 Å². The van der Waals surface area contributed by atoms with Gasteiger partial charge < -0.3 is 5.11 Å². The molecule has 1 fully saturated rings. The number of nitrogens with one attached hydrogen (secondary N) is 2. The minimum absolute atomic E-state index is 0.0508. The van der Waals surface area contributed by atoms with Crippen LogP contribution in [0.1, 0.15) is 37.7 Å². The topological polar surface area (TPSA) is 113 Å². The van der Waals surface area contributed by atoms with Crippen molar-refractivity contribution in [2.24, 2.45) is 0 Å². The molecule has 0 aromatic heterocycles. The number of aliphatic carboxylic acids is 1. The van der Waals surface area contributed by atoms with E-state index in [1.807, 2.05) is 0 Å². The van der Waals surface area contributed by atoms with Gasteiger partial charge in [-0.05, 0) is 18.4 Å². The van der Waals surface area contributed by atoms with Crippen molar-refractivity contribution in [1.29, 1.82) is 0 Å². The third kappa shape index (κ3) is 3.56. The molecule has 1 heterocycles. The van der Waals surface area contributed by atoms with Gasteiger partial charge in [-0.25, -0.2) is 4.79 Å². The number of unbranched alkanes of at least 4 members (excludes halogenated alkanes) is 2. The van der Waals surface area contributed by atoms with Crippen LogP contribution in [0.4, 0.5) is 4.79 Å². The van der Waals surface area contributed by atoms with E-state index >= 15 is 0 Å². The zero-order valence-corrected chi connectivity index (χ0v) is 12.5. The van der Waals surface area contributed by atoms with Crippen LogP contribution in [0.2, 0.25) is 0 Å². The Morgan fingerprint density at radius 2 is 1.57 bits per heavy atom. The molecule has 2 rings (SSSR count). The van der Waals surface area contributed by atoms with Crippen molar-refractivity contribution in [2.45, 2.75) is 37.5 Å². The molecule has 3 N–H and O–H groups in total. The zero-order chi connectivity index (χ0) is 16.9. The molecule has 1 aromatic rings. The van der Waals surface area contributed by atoms with Gasteiger partial charge >= 0.3 is 12.0 Å². The highest BCUT2D eigenvalue weighted by Crippen LogP contribution is 2.32. The van der Waals surface area contributed by atoms with Crippen LogP contribution < -0.4 is 10.6 Å². The van der Waals surface area contributed by atoms with Crippen molar-refractivity contribution in [3.63, 3.8) is 0 Å². The molecule has 4 amide bonds. The average molecular weight is 318 g/mol. The normalized spacial score (nSPS) is 16.6. The second-order valence-corrected chi connectivity index (χ2v) is 5.46. The summed E-state index contributed by atoms with van der Waals surface area (Å²) >= 11 is 0. The standard InChI is InChI=1S/C16H18N2O5/c19-12(20)9-5-2-6-10-16(11-7-3-1-4-8-11)13(21)17-15(23)18-14(16)22/h1,3-4,7-8H,2,5-6,9-10H2,(H,19,20)(H2,17,18,21,22,23). The van der Waals surface area contributed by atoms with Crippen LogP contribution in [0.25, 0.3) is 0 Å². The van der Waals surface area contributed by atoms with Crippen LogP contribution in [0.3, 0.4) is 0 Å². The van der Waals surface area contributed by atoms with Gasteiger partial charge in [0.2, 0.25) is 11.8 Å². The molecule has 0 spiro atoms. The molecular formula is C16H18N2O5. The fourth-order valence-corrected chi connectivity index (χ4v) is 2.75. The largest absolute Gasteiger partial charge is 0.481 e. The molecule has 0 aliphatic carbocycles. The van der Waals surface area contributed by atoms with E-state index in [0.29, 0.717) is 24.8 Å². The summed E-state index contributed by atoms with van der Waals surface area (Å²) in [6.45, 7) is 0. The predicted molar refractivity (Wildman–Crippen MR) is 80.5 cm³/mol. The van der Waals surface area contributed by atoms with E-state index in [1.54, 1.807) is 30.3 Å². The van der Waals surface area contributed by atoms with Crippen molar-refractivity contribution in [2.75, 3.05) is 0 Å². The van der Waals surface area contributed by atoms with E-state index in [-0.39, 0.29) is 12.8 Å². The molecule has 1 aliphatic heterocycles. The lowest BCUT2D eigenvalue weighted by molar-refractivity contribution is -0.140. The molecule has 0 saturated carbocycles. The van der Waals surface area contributed by atoms with Gasteiger partial charge in [0.15, 0.2) is 5.41 Å². The first-order valence-electron chi connectivity index (χ1n) is 7.41. The lowest BCUT2D eigenvalue weighted by Crippen LogP contribution is -2.64. The molecular weight excluding hydrogens is 300 g/mol. The first kappa shape index (κ1) is 16.7. The van der Waals surface area contributed by atoms with E-state index in [0.717, 1.165) is 0 Å². The molecule has 122 valence electrons.